The van der Waals surface area contributed by atoms with E-state index in [0.29, 0.717) is 17.9 Å². The second kappa shape index (κ2) is 8.32. The monoisotopic (exact) mass is 278 g/mol. The summed E-state index contributed by atoms with van der Waals surface area (Å²) in [5.41, 5.74) is 0.630. The Balaban J connectivity index is 2.25. The van der Waals surface area contributed by atoms with E-state index in [1.165, 1.54) is 6.92 Å². The molecule has 1 amide bonds. The zero-order chi connectivity index (χ0) is 15.0. The molecule has 0 saturated heterocycles. The summed E-state index contributed by atoms with van der Waals surface area (Å²) < 4.78 is 5.35. The van der Waals surface area contributed by atoms with Gasteiger partial charge in [0.15, 0.2) is 12.4 Å². The van der Waals surface area contributed by atoms with Crippen molar-refractivity contribution in [3.63, 3.8) is 0 Å². The summed E-state index contributed by atoms with van der Waals surface area (Å²) in [7, 11) is 3.99. The largest absolute Gasteiger partial charge is 0.484 e. The second-order valence-electron chi connectivity index (χ2n) is 4.88. The summed E-state index contributed by atoms with van der Waals surface area (Å²) in [6, 6.07) is 6.76. The molecule has 0 aliphatic heterocycles. The number of Topliss-reactive ketones (excluding diaryl/α,β-unsaturated/α-hetero) is 1. The Morgan fingerprint density at radius 2 is 1.85 bits per heavy atom. The molecule has 0 bridgehead atoms. The Bertz CT molecular complexity index is 441. The summed E-state index contributed by atoms with van der Waals surface area (Å²) in [4.78, 5) is 24.7. The van der Waals surface area contributed by atoms with Crippen LogP contribution in [0.15, 0.2) is 24.3 Å². The quantitative estimate of drug-likeness (QED) is 0.576. The lowest BCUT2D eigenvalue weighted by Gasteiger charge is -2.10. The first-order valence-corrected chi connectivity index (χ1v) is 6.64. The van der Waals surface area contributed by atoms with Gasteiger partial charge in [-0.15, -0.1) is 0 Å². The Morgan fingerprint density at radius 1 is 1.20 bits per heavy atom. The highest BCUT2D eigenvalue weighted by Crippen LogP contribution is 2.12. The number of amides is 1. The van der Waals surface area contributed by atoms with Crippen LogP contribution in [0.25, 0.3) is 0 Å². The van der Waals surface area contributed by atoms with Crippen molar-refractivity contribution < 1.29 is 14.3 Å². The SMILES string of the molecule is CC(=O)c1ccc(OCC(=O)NCCCN(C)C)cc1. The molecule has 5 nitrogen and oxygen atoms in total. The second-order valence-corrected chi connectivity index (χ2v) is 4.88. The van der Waals surface area contributed by atoms with Crippen LogP contribution in [0.2, 0.25) is 0 Å². The Hall–Kier alpha value is -1.88. The molecule has 110 valence electrons. The Kier molecular flexibility index (Phi) is 6.73. The molecular formula is C15H22N2O3. The van der Waals surface area contributed by atoms with Gasteiger partial charge in [0.05, 0.1) is 0 Å². The van der Waals surface area contributed by atoms with Crippen LogP contribution >= 0.6 is 0 Å². The zero-order valence-electron chi connectivity index (χ0n) is 12.3. The van der Waals surface area contributed by atoms with E-state index in [9.17, 15) is 9.59 Å². The van der Waals surface area contributed by atoms with Crippen molar-refractivity contribution in [3.05, 3.63) is 29.8 Å². The van der Waals surface area contributed by atoms with Crippen LogP contribution in [0.1, 0.15) is 23.7 Å². The van der Waals surface area contributed by atoms with Crippen molar-refractivity contribution in [2.45, 2.75) is 13.3 Å². The van der Waals surface area contributed by atoms with Crippen molar-refractivity contribution >= 4 is 11.7 Å². The number of nitrogens with zero attached hydrogens (tertiary/aromatic N) is 1. The topological polar surface area (TPSA) is 58.6 Å². The number of carbonyl (C=O) groups is 2. The van der Waals surface area contributed by atoms with Crippen molar-refractivity contribution in [2.75, 3.05) is 33.8 Å². The highest BCUT2D eigenvalue weighted by molar-refractivity contribution is 5.94. The number of carbonyl (C=O) groups excluding carboxylic acids is 2. The van der Waals surface area contributed by atoms with E-state index >= 15 is 0 Å². The summed E-state index contributed by atoms with van der Waals surface area (Å²) in [6.45, 7) is 3.08. The molecule has 0 aliphatic carbocycles. The van der Waals surface area contributed by atoms with Gasteiger partial charge >= 0.3 is 0 Å². The lowest BCUT2D eigenvalue weighted by Crippen LogP contribution is -2.31. The molecule has 0 unspecified atom stereocenters. The fraction of sp³-hybridized carbons (Fsp3) is 0.467. The third-order valence-corrected chi connectivity index (χ3v) is 2.74. The Labute approximate surface area is 119 Å². The predicted molar refractivity (Wildman–Crippen MR) is 78.1 cm³/mol. The van der Waals surface area contributed by atoms with Crippen LogP contribution in [0.3, 0.4) is 0 Å². The van der Waals surface area contributed by atoms with E-state index in [-0.39, 0.29) is 18.3 Å². The van der Waals surface area contributed by atoms with Gasteiger partial charge in [0.1, 0.15) is 5.75 Å². The highest BCUT2D eigenvalue weighted by Gasteiger charge is 2.03. The number of nitrogens with one attached hydrogen (secondary N) is 1. The van der Waals surface area contributed by atoms with E-state index in [1.54, 1.807) is 24.3 Å². The average Bonchev–Trinajstić information content (AvgIpc) is 2.41. The molecule has 5 heteroatoms. The van der Waals surface area contributed by atoms with Gasteiger partial charge in [0.25, 0.3) is 5.91 Å². The van der Waals surface area contributed by atoms with Crippen LogP contribution in [-0.4, -0.2) is 50.4 Å². The summed E-state index contributed by atoms with van der Waals surface area (Å²) in [5.74, 6) is 0.452. The van der Waals surface area contributed by atoms with E-state index in [2.05, 4.69) is 10.2 Å². The first kappa shape index (κ1) is 16.2. The lowest BCUT2D eigenvalue weighted by atomic mass is 10.1. The summed E-state index contributed by atoms with van der Waals surface area (Å²) in [6.07, 6.45) is 0.909. The van der Waals surface area contributed by atoms with Crippen LogP contribution in [-0.2, 0) is 4.79 Å². The van der Waals surface area contributed by atoms with Crippen LogP contribution in [0.5, 0.6) is 5.75 Å². The number of hydrogen-bond donors (Lipinski definition) is 1. The number of rotatable bonds is 8. The number of benzene rings is 1. The maximum Gasteiger partial charge on any atom is 0.257 e. The van der Waals surface area contributed by atoms with Crippen LogP contribution in [0.4, 0.5) is 0 Å². The molecule has 1 aromatic rings. The number of ether oxygens (including phenoxy) is 1. The first-order chi connectivity index (χ1) is 9.49. The fourth-order valence-electron chi connectivity index (χ4n) is 1.61. The maximum atomic E-state index is 11.5. The fourth-order valence-corrected chi connectivity index (χ4v) is 1.61. The summed E-state index contributed by atoms with van der Waals surface area (Å²) in [5, 5.41) is 2.79. The minimum atomic E-state index is -0.139. The molecular weight excluding hydrogens is 256 g/mol. The lowest BCUT2D eigenvalue weighted by molar-refractivity contribution is -0.123. The smallest absolute Gasteiger partial charge is 0.257 e. The highest BCUT2D eigenvalue weighted by atomic mass is 16.5. The van der Waals surface area contributed by atoms with Crippen LogP contribution in [0, 0.1) is 0 Å². The van der Waals surface area contributed by atoms with Crippen molar-refractivity contribution in [1.82, 2.24) is 10.2 Å². The average molecular weight is 278 g/mol. The molecule has 0 fully saturated rings. The van der Waals surface area contributed by atoms with Crippen molar-refractivity contribution in [3.8, 4) is 5.75 Å². The molecule has 0 atom stereocenters. The van der Waals surface area contributed by atoms with Crippen LogP contribution < -0.4 is 10.1 Å². The zero-order valence-corrected chi connectivity index (χ0v) is 12.3. The molecule has 0 aromatic heterocycles. The molecule has 20 heavy (non-hydrogen) atoms. The van der Waals surface area contributed by atoms with Gasteiger partial charge in [0.2, 0.25) is 0 Å². The normalized spacial score (nSPS) is 10.4. The van der Waals surface area contributed by atoms with E-state index < -0.39 is 0 Å². The maximum absolute atomic E-state index is 11.5. The van der Waals surface area contributed by atoms with E-state index in [0.717, 1.165) is 13.0 Å². The molecule has 1 N–H and O–H groups in total. The molecule has 1 rings (SSSR count). The molecule has 0 radical (unpaired) electrons. The van der Waals surface area contributed by atoms with Gasteiger partial charge in [-0.3, -0.25) is 9.59 Å². The third-order valence-electron chi connectivity index (χ3n) is 2.74. The summed E-state index contributed by atoms with van der Waals surface area (Å²) >= 11 is 0. The number of ketones is 1. The van der Waals surface area contributed by atoms with Gasteiger partial charge in [0, 0.05) is 12.1 Å². The first-order valence-electron chi connectivity index (χ1n) is 6.64. The molecule has 0 spiro atoms. The minimum Gasteiger partial charge on any atom is -0.484 e. The Morgan fingerprint density at radius 3 is 2.40 bits per heavy atom. The third kappa shape index (κ3) is 6.33. The van der Waals surface area contributed by atoms with Gasteiger partial charge in [-0.05, 0) is 58.3 Å². The van der Waals surface area contributed by atoms with Crippen molar-refractivity contribution in [2.24, 2.45) is 0 Å². The molecule has 0 heterocycles. The molecule has 0 aliphatic rings. The van der Waals surface area contributed by atoms with Gasteiger partial charge in [-0.2, -0.15) is 0 Å². The molecule has 1 aromatic carbocycles. The van der Waals surface area contributed by atoms with E-state index in [1.807, 2.05) is 14.1 Å². The van der Waals surface area contributed by atoms with Crippen molar-refractivity contribution in [1.29, 1.82) is 0 Å². The van der Waals surface area contributed by atoms with Gasteiger partial charge < -0.3 is 15.0 Å². The van der Waals surface area contributed by atoms with E-state index in [4.69, 9.17) is 4.74 Å². The number of hydrogen-bond acceptors (Lipinski definition) is 4. The van der Waals surface area contributed by atoms with Gasteiger partial charge in [-0.25, -0.2) is 0 Å². The minimum absolute atomic E-state index is 0.00943. The molecule has 0 saturated carbocycles. The standard InChI is InChI=1S/C15H22N2O3/c1-12(18)13-5-7-14(8-6-13)20-11-15(19)16-9-4-10-17(2)3/h5-8H,4,9-11H2,1-3H3,(H,16,19). The predicted octanol–water partition coefficient (Wildman–Crippen LogP) is 1.34. The van der Waals surface area contributed by atoms with Gasteiger partial charge in [-0.1, -0.05) is 0 Å².